The Labute approximate surface area is 119 Å². The molecule has 1 aliphatic rings. The molecule has 0 aromatic heterocycles. The van der Waals surface area contributed by atoms with Crippen LogP contribution in [0.5, 0.6) is 0 Å². The van der Waals surface area contributed by atoms with E-state index in [1.165, 1.54) is 56.6 Å². The molecule has 1 aliphatic heterocycles. The van der Waals surface area contributed by atoms with E-state index in [-0.39, 0.29) is 0 Å². The second kappa shape index (κ2) is 8.47. The molecule has 1 fully saturated rings. The summed E-state index contributed by atoms with van der Waals surface area (Å²) in [7, 11) is 0. The molecule has 1 unspecified atom stereocenters. The topological polar surface area (TPSA) is 12.0 Å². The predicted octanol–water partition coefficient (Wildman–Crippen LogP) is 4.71. The van der Waals surface area contributed by atoms with Crippen molar-refractivity contribution in [1.82, 2.24) is 5.32 Å². The number of nitrogens with one attached hydrogen (secondary N) is 1. The van der Waals surface area contributed by atoms with E-state index in [1.54, 1.807) is 0 Å². The Kier molecular flexibility index (Phi) is 7.70. The Morgan fingerprint density at radius 3 is 2.44 bits per heavy atom. The van der Waals surface area contributed by atoms with Crippen molar-refractivity contribution in [2.75, 3.05) is 18.1 Å². The number of rotatable bonds is 7. The maximum atomic E-state index is 3.78. The fourth-order valence-corrected chi connectivity index (χ4v) is 3.85. The highest BCUT2D eigenvalue weighted by molar-refractivity contribution is 7.99. The maximum Gasteiger partial charge on any atom is 0.00699 e. The number of hydrogen-bond donors (Lipinski definition) is 1. The molecule has 0 radical (unpaired) electrons. The first kappa shape index (κ1) is 16.4. The summed E-state index contributed by atoms with van der Waals surface area (Å²) in [5.41, 5.74) is 0.481. The minimum absolute atomic E-state index is 0.481. The highest BCUT2D eigenvalue weighted by atomic mass is 32.2. The van der Waals surface area contributed by atoms with Gasteiger partial charge in [0, 0.05) is 6.04 Å². The Hall–Kier alpha value is 0.310. The van der Waals surface area contributed by atoms with Crippen LogP contribution in [-0.2, 0) is 0 Å². The summed E-state index contributed by atoms with van der Waals surface area (Å²) in [6.45, 7) is 10.5. The Morgan fingerprint density at radius 1 is 1.22 bits per heavy atom. The fraction of sp³-hybridized carbons (Fsp3) is 1.00. The first-order chi connectivity index (χ1) is 8.51. The summed E-state index contributed by atoms with van der Waals surface area (Å²) in [4.78, 5) is 0. The minimum Gasteiger partial charge on any atom is -0.314 e. The lowest BCUT2D eigenvalue weighted by Gasteiger charge is -2.29. The van der Waals surface area contributed by atoms with Crippen LogP contribution in [-0.4, -0.2) is 24.1 Å². The molecule has 108 valence electrons. The van der Waals surface area contributed by atoms with Crippen molar-refractivity contribution in [1.29, 1.82) is 0 Å². The fourth-order valence-electron chi connectivity index (χ4n) is 2.64. The Balaban J connectivity index is 2.33. The molecule has 0 spiro atoms. The van der Waals surface area contributed by atoms with E-state index >= 15 is 0 Å². The van der Waals surface area contributed by atoms with Crippen molar-refractivity contribution >= 4 is 11.8 Å². The van der Waals surface area contributed by atoms with Gasteiger partial charge in [-0.25, -0.2) is 0 Å². The Morgan fingerprint density at radius 2 is 1.89 bits per heavy atom. The first-order valence-corrected chi connectivity index (χ1v) is 8.98. The van der Waals surface area contributed by atoms with Crippen molar-refractivity contribution in [3.8, 4) is 0 Å². The molecule has 0 aromatic rings. The second-order valence-electron chi connectivity index (χ2n) is 7.04. The van der Waals surface area contributed by atoms with E-state index < -0.39 is 0 Å². The van der Waals surface area contributed by atoms with Crippen LogP contribution >= 0.6 is 11.8 Å². The van der Waals surface area contributed by atoms with Gasteiger partial charge in [0.15, 0.2) is 0 Å². The van der Waals surface area contributed by atoms with E-state index in [2.05, 4.69) is 44.8 Å². The van der Waals surface area contributed by atoms with Crippen LogP contribution in [0.15, 0.2) is 0 Å². The smallest absolute Gasteiger partial charge is 0.00699 e. The molecule has 0 saturated carbocycles. The van der Waals surface area contributed by atoms with Gasteiger partial charge in [-0.2, -0.15) is 11.8 Å². The van der Waals surface area contributed by atoms with Crippen LogP contribution in [0, 0.1) is 11.3 Å². The molecular formula is C16H33NS. The third-order valence-corrected chi connectivity index (χ3v) is 4.93. The number of hydrogen-bond acceptors (Lipinski definition) is 2. The molecule has 18 heavy (non-hydrogen) atoms. The molecule has 2 heteroatoms. The summed E-state index contributed by atoms with van der Waals surface area (Å²) in [6.07, 6.45) is 8.27. The van der Waals surface area contributed by atoms with Gasteiger partial charge in [0.25, 0.3) is 0 Å². The summed E-state index contributed by atoms with van der Waals surface area (Å²) in [5.74, 6) is 3.77. The minimum atomic E-state index is 0.481. The molecule has 1 N–H and O–H groups in total. The lowest BCUT2D eigenvalue weighted by atomic mass is 9.85. The average Bonchev–Trinajstić information content (AvgIpc) is 2.33. The highest BCUT2D eigenvalue weighted by Gasteiger charge is 2.20. The third-order valence-electron chi connectivity index (χ3n) is 3.88. The van der Waals surface area contributed by atoms with Gasteiger partial charge in [-0.3, -0.25) is 0 Å². The molecule has 1 heterocycles. The molecular weight excluding hydrogens is 238 g/mol. The molecule has 0 aromatic carbocycles. The first-order valence-electron chi connectivity index (χ1n) is 7.82. The molecule has 1 rings (SSSR count). The van der Waals surface area contributed by atoms with Crippen LogP contribution < -0.4 is 5.32 Å². The molecule has 1 nitrogen and oxygen atoms in total. The SMILES string of the molecule is CCCNC(CCC(C)(C)C)CC1CCSCC1. The maximum absolute atomic E-state index is 3.78. The van der Waals surface area contributed by atoms with Crippen molar-refractivity contribution in [3.63, 3.8) is 0 Å². The van der Waals surface area contributed by atoms with Crippen molar-refractivity contribution in [3.05, 3.63) is 0 Å². The quantitative estimate of drug-likeness (QED) is 0.719. The van der Waals surface area contributed by atoms with Crippen molar-refractivity contribution in [2.24, 2.45) is 11.3 Å². The van der Waals surface area contributed by atoms with Crippen LogP contribution in [0.4, 0.5) is 0 Å². The van der Waals surface area contributed by atoms with E-state index in [9.17, 15) is 0 Å². The van der Waals surface area contributed by atoms with Gasteiger partial charge in [0.1, 0.15) is 0 Å². The van der Waals surface area contributed by atoms with Gasteiger partial charge >= 0.3 is 0 Å². The third kappa shape index (κ3) is 7.68. The second-order valence-corrected chi connectivity index (χ2v) is 8.27. The average molecular weight is 272 g/mol. The molecule has 0 aliphatic carbocycles. The summed E-state index contributed by atoms with van der Waals surface area (Å²) >= 11 is 2.14. The van der Waals surface area contributed by atoms with Gasteiger partial charge < -0.3 is 5.32 Å². The van der Waals surface area contributed by atoms with Gasteiger partial charge in [-0.15, -0.1) is 0 Å². The van der Waals surface area contributed by atoms with Crippen LogP contribution in [0.2, 0.25) is 0 Å². The lowest BCUT2D eigenvalue weighted by molar-refractivity contribution is 0.293. The largest absolute Gasteiger partial charge is 0.314 e. The van der Waals surface area contributed by atoms with Crippen LogP contribution in [0.1, 0.15) is 66.2 Å². The zero-order valence-corrected chi connectivity index (χ0v) is 13.7. The van der Waals surface area contributed by atoms with E-state index in [1.807, 2.05) is 0 Å². The normalized spacial score (nSPS) is 20.0. The predicted molar refractivity (Wildman–Crippen MR) is 85.4 cm³/mol. The molecule has 1 atom stereocenters. The van der Waals surface area contributed by atoms with Gasteiger partial charge in [0.05, 0.1) is 0 Å². The molecule has 1 saturated heterocycles. The van der Waals surface area contributed by atoms with Crippen molar-refractivity contribution in [2.45, 2.75) is 72.3 Å². The zero-order chi connectivity index (χ0) is 13.4. The zero-order valence-electron chi connectivity index (χ0n) is 12.9. The van der Waals surface area contributed by atoms with Crippen LogP contribution in [0.3, 0.4) is 0 Å². The lowest BCUT2D eigenvalue weighted by Crippen LogP contribution is -2.33. The molecule has 0 amide bonds. The monoisotopic (exact) mass is 271 g/mol. The van der Waals surface area contributed by atoms with Crippen LogP contribution in [0.25, 0.3) is 0 Å². The van der Waals surface area contributed by atoms with E-state index in [4.69, 9.17) is 0 Å². The van der Waals surface area contributed by atoms with Crippen molar-refractivity contribution < 1.29 is 0 Å². The highest BCUT2D eigenvalue weighted by Crippen LogP contribution is 2.29. The summed E-state index contributed by atoms with van der Waals surface area (Å²) in [5, 5.41) is 3.78. The summed E-state index contributed by atoms with van der Waals surface area (Å²) in [6, 6.07) is 0.761. The Bertz CT molecular complexity index is 204. The van der Waals surface area contributed by atoms with Gasteiger partial charge in [-0.1, -0.05) is 27.7 Å². The summed E-state index contributed by atoms with van der Waals surface area (Å²) < 4.78 is 0. The van der Waals surface area contributed by atoms with Gasteiger partial charge in [-0.05, 0) is 67.9 Å². The van der Waals surface area contributed by atoms with Gasteiger partial charge in [0.2, 0.25) is 0 Å². The standard InChI is InChI=1S/C16H33NS/c1-5-10-17-15(6-9-16(2,3)4)13-14-7-11-18-12-8-14/h14-15,17H,5-13H2,1-4H3. The van der Waals surface area contributed by atoms with E-state index in [0.717, 1.165) is 12.0 Å². The van der Waals surface area contributed by atoms with E-state index in [0.29, 0.717) is 5.41 Å². The molecule has 0 bridgehead atoms. The number of thioether (sulfide) groups is 1.